The third-order valence-electron chi connectivity index (χ3n) is 2.44. The van der Waals surface area contributed by atoms with E-state index in [4.69, 9.17) is 10.2 Å². The standard InChI is InChI=1S/C13H17NO3/c1-3-6-14(7-8-15)12-9-10(2)4-5-11(12)13(16)17/h3-5,9,15H,1,6-8H2,2H3,(H,16,17). The Balaban J connectivity index is 3.18. The number of aromatic carboxylic acids is 1. The third kappa shape index (κ3) is 3.32. The van der Waals surface area contributed by atoms with Crippen molar-refractivity contribution in [3.05, 3.63) is 42.0 Å². The van der Waals surface area contributed by atoms with Gasteiger partial charge in [-0.2, -0.15) is 0 Å². The van der Waals surface area contributed by atoms with E-state index in [0.717, 1.165) is 5.56 Å². The number of carboxylic acids is 1. The molecule has 4 heteroatoms. The maximum absolute atomic E-state index is 11.1. The molecule has 0 aliphatic carbocycles. The Morgan fingerprint density at radius 1 is 1.53 bits per heavy atom. The van der Waals surface area contributed by atoms with Gasteiger partial charge in [0.2, 0.25) is 0 Å². The predicted octanol–water partition coefficient (Wildman–Crippen LogP) is 1.68. The number of hydrogen-bond acceptors (Lipinski definition) is 3. The van der Waals surface area contributed by atoms with Crippen molar-refractivity contribution < 1.29 is 15.0 Å². The van der Waals surface area contributed by atoms with E-state index in [0.29, 0.717) is 18.8 Å². The van der Waals surface area contributed by atoms with Crippen LogP contribution in [-0.4, -0.2) is 35.9 Å². The SMILES string of the molecule is C=CCN(CCO)c1cc(C)ccc1C(=O)O. The highest BCUT2D eigenvalue weighted by Gasteiger charge is 2.14. The van der Waals surface area contributed by atoms with Crippen LogP contribution >= 0.6 is 0 Å². The van der Waals surface area contributed by atoms with E-state index in [2.05, 4.69) is 6.58 Å². The Morgan fingerprint density at radius 2 is 2.24 bits per heavy atom. The van der Waals surface area contributed by atoms with Crippen molar-refractivity contribution in [2.75, 3.05) is 24.6 Å². The van der Waals surface area contributed by atoms with E-state index in [9.17, 15) is 4.79 Å². The molecule has 0 radical (unpaired) electrons. The first-order chi connectivity index (χ1) is 8.10. The number of aliphatic hydroxyl groups is 1. The van der Waals surface area contributed by atoms with Crippen LogP contribution in [0.5, 0.6) is 0 Å². The minimum atomic E-state index is -0.966. The van der Waals surface area contributed by atoms with E-state index < -0.39 is 5.97 Å². The summed E-state index contributed by atoms with van der Waals surface area (Å²) in [7, 11) is 0. The lowest BCUT2D eigenvalue weighted by Gasteiger charge is -2.24. The van der Waals surface area contributed by atoms with Gasteiger partial charge < -0.3 is 15.1 Å². The Morgan fingerprint density at radius 3 is 2.76 bits per heavy atom. The molecule has 1 rings (SSSR count). The molecular weight excluding hydrogens is 218 g/mol. The molecule has 1 aromatic carbocycles. The number of carbonyl (C=O) groups is 1. The van der Waals surface area contributed by atoms with Crippen LogP contribution in [0, 0.1) is 6.92 Å². The molecule has 0 fully saturated rings. The average Bonchev–Trinajstić information content (AvgIpc) is 2.28. The monoisotopic (exact) mass is 235 g/mol. The highest BCUT2D eigenvalue weighted by molar-refractivity contribution is 5.94. The molecule has 2 N–H and O–H groups in total. The van der Waals surface area contributed by atoms with Gasteiger partial charge in [0.05, 0.1) is 17.9 Å². The van der Waals surface area contributed by atoms with Crippen LogP contribution in [0.2, 0.25) is 0 Å². The van der Waals surface area contributed by atoms with Crippen LogP contribution in [0.3, 0.4) is 0 Å². The molecule has 0 aromatic heterocycles. The van der Waals surface area contributed by atoms with Crippen molar-refractivity contribution >= 4 is 11.7 Å². The first kappa shape index (κ1) is 13.3. The first-order valence-electron chi connectivity index (χ1n) is 5.40. The van der Waals surface area contributed by atoms with E-state index in [1.807, 2.05) is 13.0 Å². The average molecular weight is 235 g/mol. The lowest BCUT2D eigenvalue weighted by atomic mass is 10.1. The maximum atomic E-state index is 11.1. The molecule has 0 atom stereocenters. The summed E-state index contributed by atoms with van der Waals surface area (Å²) in [5.41, 5.74) is 1.84. The molecule has 92 valence electrons. The number of hydrogen-bond donors (Lipinski definition) is 2. The van der Waals surface area contributed by atoms with Crippen molar-refractivity contribution in [1.82, 2.24) is 0 Å². The zero-order valence-corrected chi connectivity index (χ0v) is 9.89. The van der Waals surface area contributed by atoms with Gasteiger partial charge in [-0.25, -0.2) is 4.79 Å². The smallest absolute Gasteiger partial charge is 0.337 e. The molecule has 0 spiro atoms. The molecule has 0 aliphatic rings. The molecule has 1 aromatic rings. The second-order valence-corrected chi connectivity index (χ2v) is 3.78. The van der Waals surface area contributed by atoms with Crippen LogP contribution < -0.4 is 4.90 Å². The zero-order chi connectivity index (χ0) is 12.8. The Bertz CT molecular complexity index is 415. The van der Waals surface area contributed by atoms with Gasteiger partial charge >= 0.3 is 5.97 Å². The number of aliphatic hydroxyl groups excluding tert-OH is 1. The molecule has 0 unspecified atom stereocenters. The quantitative estimate of drug-likeness (QED) is 0.736. The summed E-state index contributed by atoms with van der Waals surface area (Å²) >= 11 is 0. The fourth-order valence-electron chi connectivity index (χ4n) is 1.67. The van der Waals surface area contributed by atoms with Gasteiger partial charge in [0.1, 0.15) is 0 Å². The Hall–Kier alpha value is -1.81. The number of carboxylic acid groups (broad SMARTS) is 1. The van der Waals surface area contributed by atoms with Crippen molar-refractivity contribution in [2.24, 2.45) is 0 Å². The fourth-order valence-corrected chi connectivity index (χ4v) is 1.67. The van der Waals surface area contributed by atoms with E-state index in [-0.39, 0.29) is 12.2 Å². The van der Waals surface area contributed by atoms with Gasteiger partial charge in [0.15, 0.2) is 0 Å². The van der Waals surface area contributed by atoms with Crippen LogP contribution in [0.1, 0.15) is 15.9 Å². The van der Waals surface area contributed by atoms with Crippen molar-refractivity contribution in [3.8, 4) is 0 Å². The number of nitrogens with zero attached hydrogens (tertiary/aromatic N) is 1. The fraction of sp³-hybridized carbons (Fsp3) is 0.308. The van der Waals surface area contributed by atoms with Crippen molar-refractivity contribution in [2.45, 2.75) is 6.92 Å². The van der Waals surface area contributed by atoms with Crippen molar-refractivity contribution in [1.29, 1.82) is 0 Å². The summed E-state index contributed by atoms with van der Waals surface area (Å²) in [6, 6.07) is 5.15. The second-order valence-electron chi connectivity index (χ2n) is 3.78. The van der Waals surface area contributed by atoms with Gasteiger partial charge in [0, 0.05) is 13.1 Å². The van der Waals surface area contributed by atoms with Gasteiger partial charge in [-0.15, -0.1) is 6.58 Å². The summed E-state index contributed by atoms with van der Waals surface area (Å²) < 4.78 is 0. The summed E-state index contributed by atoms with van der Waals surface area (Å²) in [6.45, 7) is 6.40. The maximum Gasteiger partial charge on any atom is 0.337 e. The number of anilines is 1. The number of rotatable bonds is 6. The number of benzene rings is 1. The van der Waals surface area contributed by atoms with Gasteiger partial charge in [0.25, 0.3) is 0 Å². The molecule has 17 heavy (non-hydrogen) atoms. The topological polar surface area (TPSA) is 60.8 Å². The van der Waals surface area contributed by atoms with E-state index in [1.54, 1.807) is 23.1 Å². The second kappa shape index (κ2) is 6.06. The molecular formula is C13H17NO3. The van der Waals surface area contributed by atoms with Gasteiger partial charge in [-0.1, -0.05) is 12.1 Å². The van der Waals surface area contributed by atoms with Crippen LogP contribution in [0.25, 0.3) is 0 Å². The zero-order valence-electron chi connectivity index (χ0n) is 9.89. The molecule has 0 aliphatic heterocycles. The molecule has 0 amide bonds. The highest BCUT2D eigenvalue weighted by Crippen LogP contribution is 2.22. The first-order valence-corrected chi connectivity index (χ1v) is 5.40. The number of aryl methyl sites for hydroxylation is 1. The van der Waals surface area contributed by atoms with Crippen LogP contribution in [0.15, 0.2) is 30.9 Å². The predicted molar refractivity (Wildman–Crippen MR) is 67.6 cm³/mol. The van der Waals surface area contributed by atoms with E-state index in [1.165, 1.54) is 0 Å². The molecule has 0 saturated heterocycles. The third-order valence-corrected chi connectivity index (χ3v) is 2.44. The summed E-state index contributed by atoms with van der Waals surface area (Å²) in [5, 5.41) is 18.1. The molecule has 4 nitrogen and oxygen atoms in total. The summed E-state index contributed by atoms with van der Waals surface area (Å²) in [4.78, 5) is 12.9. The van der Waals surface area contributed by atoms with Crippen LogP contribution in [-0.2, 0) is 0 Å². The van der Waals surface area contributed by atoms with Crippen LogP contribution in [0.4, 0.5) is 5.69 Å². The van der Waals surface area contributed by atoms with Crippen molar-refractivity contribution in [3.63, 3.8) is 0 Å². The lowest BCUT2D eigenvalue weighted by Crippen LogP contribution is -2.28. The molecule has 0 heterocycles. The van der Waals surface area contributed by atoms with E-state index >= 15 is 0 Å². The molecule has 0 bridgehead atoms. The summed E-state index contributed by atoms with van der Waals surface area (Å²) in [6.07, 6.45) is 1.68. The largest absolute Gasteiger partial charge is 0.478 e. The van der Waals surface area contributed by atoms with Gasteiger partial charge in [-0.05, 0) is 24.6 Å². The lowest BCUT2D eigenvalue weighted by molar-refractivity contribution is 0.0697. The minimum absolute atomic E-state index is 0.0269. The minimum Gasteiger partial charge on any atom is -0.478 e. The highest BCUT2D eigenvalue weighted by atomic mass is 16.4. The molecule has 0 saturated carbocycles. The Kier molecular flexibility index (Phi) is 4.72. The Labute approximate surface area is 101 Å². The normalized spacial score (nSPS) is 10.0. The van der Waals surface area contributed by atoms with Gasteiger partial charge in [-0.3, -0.25) is 0 Å². The summed E-state index contributed by atoms with van der Waals surface area (Å²) in [5.74, 6) is -0.966.